The molecule has 0 atom stereocenters. The molecule has 3 aromatic rings. The average molecular weight is 401 g/mol. The van der Waals surface area contributed by atoms with Gasteiger partial charge in [-0.15, -0.1) is 0 Å². The highest BCUT2D eigenvalue weighted by Crippen LogP contribution is 2.29. The zero-order valence-electron chi connectivity index (χ0n) is 15.4. The number of nitrogens with zero attached hydrogens (tertiary/aromatic N) is 6. The van der Waals surface area contributed by atoms with Gasteiger partial charge in [0.05, 0.1) is 23.3 Å². The standard InChI is InChI=1S/C17H19N7O3S/c1-11-3-4-12(28(26,27)23-6-5-22(2)15(25)9-23)7-13(11)14-8-19-17-16(18)20-10-21-24(14)17/h3-4,7-8,10H,5-6,9H2,1-2H3,(H2,18,20,21). The molecule has 146 valence electrons. The Morgan fingerprint density at radius 3 is 2.71 bits per heavy atom. The van der Waals surface area contributed by atoms with E-state index in [9.17, 15) is 13.2 Å². The summed E-state index contributed by atoms with van der Waals surface area (Å²) in [4.78, 5) is 21.7. The lowest BCUT2D eigenvalue weighted by Gasteiger charge is -2.31. The minimum absolute atomic E-state index is 0.113. The summed E-state index contributed by atoms with van der Waals surface area (Å²) in [5.74, 6) is 0.00903. The Morgan fingerprint density at radius 2 is 1.96 bits per heavy atom. The number of fused-ring (bicyclic) bond motifs is 1. The van der Waals surface area contributed by atoms with Crippen molar-refractivity contribution in [2.24, 2.45) is 0 Å². The van der Waals surface area contributed by atoms with Gasteiger partial charge < -0.3 is 10.6 Å². The molecule has 0 saturated carbocycles. The predicted octanol–water partition coefficient (Wildman–Crippen LogP) is 0.145. The number of anilines is 1. The summed E-state index contributed by atoms with van der Waals surface area (Å²) < 4.78 is 28.9. The number of carbonyl (C=O) groups excluding carboxylic acids is 1. The molecule has 1 aromatic carbocycles. The van der Waals surface area contributed by atoms with Crippen molar-refractivity contribution in [2.45, 2.75) is 11.8 Å². The van der Waals surface area contributed by atoms with Crippen LogP contribution < -0.4 is 5.73 Å². The van der Waals surface area contributed by atoms with Crippen molar-refractivity contribution in [1.29, 1.82) is 0 Å². The third-order valence-corrected chi connectivity index (χ3v) is 6.72. The maximum Gasteiger partial charge on any atom is 0.243 e. The monoisotopic (exact) mass is 401 g/mol. The van der Waals surface area contributed by atoms with Crippen LogP contribution >= 0.6 is 0 Å². The molecule has 10 nitrogen and oxygen atoms in total. The van der Waals surface area contributed by atoms with Crippen LogP contribution in [0.2, 0.25) is 0 Å². The highest BCUT2D eigenvalue weighted by molar-refractivity contribution is 7.89. The number of hydrogen-bond acceptors (Lipinski definition) is 7. The third-order valence-electron chi connectivity index (χ3n) is 4.88. The van der Waals surface area contributed by atoms with Gasteiger partial charge in [0.15, 0.2) is 11.5 Å². The number of nitrogen functional groups attached to an aromatic ring is 1. The van der Waals surface area contributed by atoms with Crippen molar-refractivity contribution < 1.29 is 13.2 Å². The first kappa shape index (κ1) is 18.3. The molecule has 1 fully saturated rings. The summed E-state index contributed by atoms with van der Waals surface area (Å²) in [6, 6.07) is 4.85. The molecule has 3 heterocycles. The second-order valence-corrected chi connectivity index (χ2v) is 8.59. The van der Waals surface area contributed by atoms with E-state index in [1.54, 1.807) is 31.4 Å². The number of aryl methyl sites for hydroxylation is 1. The number of benzene rings is 1. The molecule has 0 aliphatic carbocycles. The van der Waals surface area contributed by atoms with Gasteiger partial charge in [0.1, 0.15) is 6.33 Å². The van der Waals surface area contributed by atoms with Crippen molar-refractivity contribution in [3.63, 3.8) is 0 Å². The first-order valence-corrected chi connectivity index (χ1v) is 10.0. The van der Waals surface area contributed by atoms with Gasteiger partial charge in [-0.3, -0.25) is 4.79 Å². The molecule has 4 rings (SSSR count). The average Bonchev–Trinajstić information content (AvgIpc) is 3.09. The Labute approximate surface area is 161 Å². The summed E-state index contributed by atoms with van der Waals surface area (Å²) >= 11 is 0. The second kappa shape index (κ2) is 6.53. The van der Waals surface area contributed by atoms with Crippen LogP contribution in [0.4, 0.5) is 5.82 Å². The Morgan fingerprint density at radius 1 is 1.18 bits per heavy atom. The maximum absolute atomic E-state index is 13.1. The van der Waals surface area contributed by atoms with Gasteiger partial charge in [-0.25, -0.2) is 22.9 Å². The smallest absolute Gasteiger partial charge is 0.243 e. The molecule has 1 amide bonds. The van der Waals surface area contributed by atoms with Crippen molar-refractivity contribution in [1.82, 2.24) is 28.8 Å². The van der Waals surface area contributed by atoms with E-state index >= 15 is 0 Å². The number of piperazine rings is 1. The van der Waals surface area contributed by atoms with E-state index < -0.39 is 10.0 Å². The molecule has 0 bridgehead atoms. The van der Waals surface area contributed by atoms with E-state index in [0.717, 1.165) is 5.56 Å². The van der Waals surface area contributed by atoms with E-state index in [0.29, 0.717) is 23.4 Å². The molecule has 1 saturated heterocycles. The molecule has 2 N–H and O–H groups in total. The minimum atomic E-state index is -3.81. The molecular formula is C17H19N7O3S. The predicted molar refractivity (Wildman–Crippen MR) is 102 cm³/mol. The van der Waals surface area contributed by atoms with Crippen LogP contribution in [0.15, 0.2) is 35.6 Å². The van der Waals surface area contributed by atoms with Gasteiger partial charge in [-0.2, -0.15) is 9.40 Å². The van der Waals surface area contributed by atoms with Crippen LogP contribution in [0.1, 0.15) is 5.56 Å². The Balaban J connectivity index is 1.79. The van der Waals surface area contributed by atoms with Crippen molar-refractivity contribution in [2.75, 3.05) is 32.4 Å². The molecule has 2 aromatic heterocycles. The van der Waals surface area contributed by atoms with Crippen LogP contribution in [-0.4, -0.2) is 69.8 Å². The first-order chi connectivity index (χ1) is 13.3. The SMILES string of the molecule is Cc1ccc(S(=O)(=O)N2CCN(C)C(=O)C2)cc1-c1cnc2c(N)ncnn12. The summed E-state index contributed by atoms with van der Waals surface area (Å²) in [6.07, 6.45) is 2.90. The van der Waals surface area contributed by atoms with Crippen LogP contribution in [-0.2, 0) is 14.8 Å². The van der Waals surface area contributed by atoms with Crippen molar-refractivity contribution in [3.05, 3.63) is 36.3 Å². The van der Waals surface area contributed by atoms with Crippen molar-refractivity contribution >= 4 is 27.4 Å². The summed E-state index contributed by atoms with van der Waals surface area (Å²) in [7, 11) is -2.15. The molecule has 28 heavy (non-hydrogen) atoms. The fraction of sp³-hybridized carbons (Fsp3) is 0.294. The van der Waals surface area contributed by atoms with Crippen molar-refractivity contribution in [3.8, 4) is 11.3 Å². The quantitative estimate of drug-likeness (QED) is 0.661. The Hall–Kier alpha value is -3.05. The molecule has 0 unspecified atom stereocenters. The number of imidazole rings is 1. The highest BCUT2D eigenvalue weighted by atomic mass is 32.2. The van der Waals surface area contributed by atoms with E-state index in [-0.39, 0.29) is 29.7 Å². The van der Waals surface area contributed by atoms with Gasteiger partial charge in [0.2, 0.25) is 15.9 Å². The van der Waals surface area contributed by atoms with E-state index in [2.05, 4.69) is 15.1 Å². The lowest BCUT2D eigenvalue weighted by atomic mass is 10.1. The van der Waals surface area contributed by atoms with Gasteiger partial charge in [-0.05, 0) is 24.6 Å². The first-order valence-electron chi connectivity index (χ1n) is 8.58. The Kier molecular flexibility index (Phi) is 4.27. The number of likely N-dealkylation sites (N-methyl/N-ethyl adjacent to an activating group) is 1. The minimum Gasteiger partial charge on any atom is -0.381 e. The summed E-state index contributed by atoms with van der Waals surface area (Å²) in [6.45, 7) is 2.32. The molecule has 11 heteroatoms. The number of sulfonamides is 1. The fourth-order valence-corrected chi connectivity index (χ4v) is 4.55. The number of amides is 1. The molecule has 1 aliphatic heterocycles. The number of aromatic nitrogens is 4. The Bertz CT molecular complexity index is 1190. The van der Waals surface area contributed by atoms with Gasteiger partial charge >= 0.3 is 0 Å². The van der Waals surface area contributed by atoms with E-state index in [1.165, 1.54) is 20.0 Å². The third kappa shape index (κ3) is 2.88. The zero-order chi connectivity index (χ0) is 20.1. The van der Waals surface area contributed by atoms with Crippen LogP contribution in [0.25, 0.3) is 16.9 Å². The number of hydrogen-bond donors (Lipinski definition) is 1. The summed E-state index contributed by atoms with van der Waals surface area (Å²) in [5.41, 5.74) is 8.35. The second-order valence-electron chi connectivity index (χ2n) is 6.65. The largest absolute Gasteiger partial charge is 0.381 e. The molecule has 0 spiro atoms. The topological polar surface area (TPSA) is 127 Å². The zero-order valence-corrected chi connectivity index (χ0v) is 16.2. The molecule has 1 aliphatic rings. The number of rotatable bonds is 3. The number of nitrogens with two attached hydrogens (primary N) is 1. The van der Waals surface area contributed by atoms with Gasteiger partial charge in [-0.1, -0.05) is 6.07 Å². The van der Waals surface area contributed by atoms with Crippen LogP contribution in [0.3, 0.4) is 0 Å². The van der Waals surface area contributed by atoms with Gasteiger partial charge in [0.25, 0.3) is 0 Å². The maximum atomic E-state index is 13.1. The van der Waals surface area contributed by atoms with Gasteiger partial charge in [0, 0.05) is 25.7 Å². The normalized spacial score (nSPS) is 16.1. The number of carbonyl (C=O) groups is 1. The lowest BCUT2D eigenvalue weighted by molar-refractivity contribution is -0.132. The van der Waals surface area contributed by atoms with Crippen LogP contribution in [0, 0.1) is 6.92 Å². The lowest BCUT2D eigenvalue weighted by Crippen LogP contribution is -2.50. The summed E-state index contributed by atoms with van der Waals surface area (Å²) in [5, 5.41) is 4.17. The fourth-order valence-electron chi connectivity index (χ4n) is 3.15. The molecule has 0 radical (unpaired) electrons. The molecular weight excluding hydrogens is 382 g/mol. The van der Waals surface area contributed by atoms with Crippen LogP contribution in [0.5, 0.6) is 0 Å². The van der Waals surface area contributed by atoms with E-state index in [4.69, 9.17) is 5.73 Å². The highest BCUT2D eigenvalue weighted by Gasteiger charge is 2.32. The van der Waals surface area contributed by atoms with E-state index in [1.807, 2.05) is 6.92 Å².